The first kappa shape index (κ1) is 14.7. The summed E-state index contributed by atoms with van der Waals surface area (Å²) in [5, 5.41) is 3.63. The van der Waals surface area contributed by atoms with E-state index in [0.717, 1.165) is 50.2 Å². The zero-order chi connectivity index (χ0) is 14.5. The highest BCUT2D eigenvalue weighted by molar-refractivity contribution is 5.42. The predicted molar refractivity (Wildman–Crippen MR) is 82.1 cm³/mol. The minimum atomic E-state index is 0.412. The molecule has 0 aliphatic carbocycles. The van der Waals surface area contributed by atoms with Crippen LogP contribution in [0.1, 0.15) is 24.8 Å². The lowest BCUT2D eigenvalue weighted by Crippen LogP contribution is -2.40. The summed E-state index contributed by atoms with van der Waals surface area (Å²) < 4.78 is 16.6. The highest BCUT2D eigenvalue weighted by Crippen LogP contribution is 2.29. The molecule has 4 nitrogen and oxygen atoms in total. The molecule has 4 heteroatoms. The fourth-order valence-corrected chi connectivity index (χ4v) is 3.14. The van der Waals surface area contributed by atoms with Gasteiger partial charge in [-0.3, -0.25) is 0 Å². The Kier molecular flexibility index (Phi) is 4.99. The number of methoxy groups -OCH3 is 1. The summed E-state index contributed by atoms with van der Waals surface area (Å²) in [6.07, 6.45) is 4.75. The van der Waals surface area contributed by atoms with Crippen molar-refractivity contribution in [3.63, 3.8) is 0 Å². The van der Waals surface area contributed by atoms with Gasteiger partial charge in [0.2, 0.25) is 0 Å². The topological polar surface area (TPSA) is 39.7 Å². The second-order valence-corrected chi connectivity index (χ2v) is 6.01. The van der Waals surface area contributed by atoms with Crippen molar-refractivity contribution < 1.29 is 14.2 Å². The smallest absolute Gasteiger partial charge is 0.126 e. The van der Waals surface area contributed by atoms with Crippen molar-refractivity contribution >= 4 is 0 Å². The SMILES string of the molecule is COc1ccc2c(c1)OCC(NCCC1CCCOC1)C2. The van der Waals surface area contributed by atoms with Gasteiger partial charge in [-0.2, -0.15) is 0 Å². The van der Waals surface area contributed by atoms with Crippen molar-refractivity contribution in [2.75, 3.05) is 33.5 Å². The van der Waals surface area contributed by atoms with Gasteiger partial charge >= 0.3 is 0 Å². The van der Waals surface area contributed by atoms with Crippen LogP contribution in [0, 0.1) is 5.92 Å². The van der Waals surface area contributed by atoms with Crippen LogP contribution in [0.25, 0.3) is 0 Å². The molecule has 2 unspecified atom stereocenters. The van der Waals surface area contributed by atoms with Gasteiger partial charge in [-0.1, -0.05) is 6.07 Å². The van der Waals surface area contributed by atoms with Gasteiger partial charge in [-0.25, -0.2) is 0 Å². The first-order valence-electron chi connectivity index (χ1n) is 7.96. The monoisotopic (exact) mass is 291 g/mol. The summed E-state index contributed by atoms with van der Waals surface area (Å²) in [7, 11) is 1.68. The Balaban J connectivity index is 1.45. The molecule has 1 saturated heterocycles. The molecular weight excluding hydrogens is 266 g/mol. The summed E-state index contributed by atoms with van der Waals surface area (Å²) in [4.78, 5) is 0. The average Bonchev–Trinajstić information content (AvgIpc) is 2.55. The van der Waals surface area contributed by atoms with E-state index in [0.29, 0.717) is 6.04 Å². The minimum Gasteiger partial charge on any atom is -0.497 e. The Morgan fingerprint density at radius 2 is 2.29 bits per heavy atom. The lowest BCUT2D eigenvalue weighted by atomic mass is 9.98. The molecule has 0 radical (unpaired) electrons. The zero-order valence-electron chi connectivity index (χ0n) is 12.8. The van der Waals surface area contributed by atoms with Crippen LogP contribution in [0.4, 0.5) is 0 Å². The van der Waals surface area contributed by atoms with E-state index in [1.807, 2.05) is 12.1 Å². The molecule has 0 spiro atoms. The average molecular weight is 291 g/mol. The minimum absolute atomic E-state index is 0.412. The van der Waals surface area contributed by atoms with Crippen molar-refractivity contribution in [2.24, 2.45) is 5.92 Å². The molecule has 0 amide bonds. The van der Waals surface area contributed by atoms with Crippen LogP contribution in [0.3, 0.4) is 0 Å². The highest BCUT2D eigenvalue weighted by atomic mass is 16.5. The normalized spacial score (nSPS) is 25.0. The summed E-state index contributed by atoms with van der Waals surface area (Å²) >= 11 is 0. The van der Waals surface area contributed by atoms with Gasteiger partial charge in [0.1, 0.15) is 18.1 Å². The molecular formula is C17H25NO3. The molecule has 1 aromatic carbocycles. The van der Waals surface area contributed by atoms with E-state index in [4.69, 9.17) is 14.2 Å². The van der Waals surface area contributed by atoms with Crippen LogP contribution in [0.15, 0.2) is 18.2 Å². The quantitative estimate of drug-likeness (QED) is 0.904. The zero-order valence-corrected chi connectivity index (χ0v) is 12.8. The third-order valence-electron chi connectivity index (χ3n) is 4.42. The third kappa shape index (κ3) is 3.89. The maximum Gasteiger partial charge on any atom is 0.126 e. The summed E-state index contributed by atoms with van der Waals surface area (Å²) in [6.45, 7) is 3.67. The summed E-state index contributed by atoms with van der Waals surface area (Å²) in [6, 6.07) is 6.50. The first-order chi connectivity index (χ1) is 10.3. The van der Waals surface area contributed by atoms with Crippen molar-refractivity contribution in [2.45, 2.75) is 31.7 Å². The Morgan fingerprint density at radius 1 is 1.33 bits per heavy atom. The van der Waals surface area contributed by atoms with Crippen molar-refractivity contribution in [1.29, 1.82) is 0 Å². The molecule has 2 atom stereocenters. The first-order valence-corrected chi connectivity index (χ1v) is 7.96. The lowest BCUT2D eigenvalue weighted by Gasteiger charge is -2.28. The van der Waals surface area contributed by atoms with E-state index in [1.165, 1.54) is 24.8 Å². The van der Waals surface area contributed by atoms with Gasteiger partial charge in [0.05, 0.1) is 7.11 Å². The maximum atomic E-state index is 5.85. The molecule has 0 aromatic heterocycles. The standard InChI is InChI=1S/C17H25NO3/c1-19-16-5-4-14-9-15(12-21-17(14)10-16)18-7-6-13-3-2-8-20-11-13/h4-5,10,13,15,18H,2-3,6-9,11-12H2,1H3. The van der Waals surface area contributed by atoms with Gasteiger partial charge in [0, 0.05) is 25.3 Å². The maximum absolute atomic E-state index is 5.85. The van der Waals surface area contributed by atoms with Gasteiger partial charge in [-0.15, -0.1) is 0 Å². The Bertz CT molecular complexity index is 457. The molecule has 1 aromatic rings. The van der Waals surface area contributed by atoms with Crippen molar-refractivity contribution in [3.05, 3.63) is 23.8 Å². The van der Waals surface area contributed by atoms with Gasteiger partial charge < -0.3 is 19.5 Å². The van der Waals surface area contributed by atoms with Crippen molar-refractivity contribution in [3.8, 4) is 11.5 Å². The predicted octanol–water partition coefficient (Wildman–Crippen LogP) is 2.41. The number of ether oxygens (including phenoxy) is 3. The molecule has 3 rings (SSSR count). The second-order valence-electron chi connectivity index (χ2n) is 6.01. The number of hydrogen-bond donors (Lipinski definition) is 1. The Hall–Kier alpha value is -1.26. The molecule has 2 aliphatic heterocycles. The van der Waals surface area contributed by atoms with Crippen LogP contribution in [-0.2, 0) is 11.2 Å². The van der Waals surface area contributed by atoms with Crippen LogP contribution < -0.4 is 14.8 Å². The lowest BCUT2D eigenvalue weighted by molar-refractivity contribution is 0.0512. The van der Waals surface area contributed by atoms with Crippen LogP contribution in [0.5, 0.6) is 11.5 Å². The molecule has 0 saturated carbocycles. The fourth-order valence-electron chi connectivity index (χ4n) is 3.14. The van der Waals surface area contributed by atoms with E-state index in [-0.39, 0.29) is 0 Å². The second kappa shape index (κ2) is 7.14. The van der Waals surface area contributed by atoms with E-state index in [9.17, 15) is 0 Å². The van der Waals surface area contributed by atoms with E-state index < -0.39 is 0 Å². The van der Waals surface area contributed by atoms with Gasteiger partial charge in [0.15, 0.2) is 0 Å². The Morgan fingerprint density at radius 3 is 3.10 bits per heavy atom. The molecule has 21 heavy (non-hydrogen) atoms. The summed E-state index contributed by atoms with van der Waals surface area (Å²) in [5.74, 6) is 2.55. The summed E-state index contributed by atoms with van der Waals surface area (Å²) in [5.41, 5.74) is 1.26. The molecule has 1 N–H and O–H groups in total. The molecule has 0 bridgehead atoms. The number of benzene rings is 1. The van der Waals surface area contributed by atoms with Gasteiger partial charge in [0.25, 0.3) is 0 Å². The van der Waals surface area contributed by atoms with E-state index >= 15 is 0 Å². The van der Waals surface area contributed by atoms with E-state index in [1.54, 1.807) is 7.11 Å². The fraction of sp³-hybridized carbons (Fsp3) is 0.647. The molecule has 116 valence electrons. The third-order valence-corrected chi connectivity index (χ3v) is 4.42. The number of fused-ring (bicyclic) bond motifs is 1. The van der Waals surface area contributed by atoms with Crippen LogP contribution in [0.2, 0.25) is 0 Å². The largest absolute Gasteiger partial charge is 0.497 e. The highest BCUT2D eigenvalue weighted by Gasteiger charge is 2.20. The van der Waals surface area contributed by atoms with Gasteiger partial charge in [-0.05, 0) is 49.8 Å². The number of rotatable bonds is 5. The molecule has 2 aliphatic rings. The molecule has 1 fully saturated rings. The molecule has 2 heterocycles. The Labute approximate surface area is 126 Å². The number of nitrogens with one attached hydrogen (secondary N) is 1. The van der Waals surface area contributed by atoms with E-state index in [2.05, 4.69) is 11.4 Å². The number of hydrogen-bond acceptors (Lipinski definition) is 4. The van der Waals surface area contributed by atoms with Crippen LogP contribution >= 0.6 is 0 Å². The van der Waals surface area contributed by atoms with Crippen molar-refractivity contribution in [1.82, 2.24) is 5.32 Å². The van der Waals surface area contributed by atoms with Crippen LogP contribution in [-0.4, -0.2) is 39.5 Å².